The minimum Gasteiger partial charge on any atom is -0.496 e. The molecule has 1 unspecified atom stereocenters. The molecule has 1 heterocycles. The average molecular weight is 234 g/mol. The second kappa shape index (κ2) is 4.08. The van der Waals surface area contributed by atoms with Crippen molar-refractivity contribution in [2.45, 2.75) is 12.5 Å². The molecule has 90 valence electrons. The molecule has 0 saturated carbocycles. The van der Waals surface area contributed by atoms with Gasteiger partial charge in [0, 0.05) is 12.1 Å². The first-order chi connectivity index (χ1) is 8.07. The van der Waals surface area contributed by atoms with Gasteiger partial charge in [-0.05, 0) is 13.0 Å². The van der Waals surface area contributed by atoms with Crippen LogP contribution in [0.4, 0.5) is 0 Å². The van der Waals surface area contributed by atoms with E-state index in [0.717, 1.165) is 5.56 Å². The molecule has 0 radical (unpaired) electrons. The summed E-state index contributed by atoms with van der Waals surface area (Å²) in [7, 11) is 1.57. The summed E-state index contributed by atoms with van der Waals surface area (Å²) in [5.74, 6) is -0.534. The topological polar surface area (TPSA) is 67.4 Å². The van der Waals surface area contributed by atoms with E-state index in [9.17, 15) is 9.59 Å². The first-order valence-corrected chi connectivity index (χ1v) is 5.31. The SMILES string of the molecule is COc1ccccc1C1(C)CNC(=O)C(=O)N1. The zero-order valence-corrected chi connectivity index (χ0v) is 9.74. The summed E-state index contributed by atoms with van der Waals surface area (Å²) in [5, 5.41) is 5.27. The molecule has 0 spiro atoms. The second-order valence-electron chi connectivity index (χ2n) is 4.17. The number of hydrogen-bond acceptors (Lipinski definition) is 3. The van der Waals surface area contributed by atoms with Gasteiger partial charge < -0.3 is 15.4 Å². The molecule has 0 aromatic heterocycles. The number of hydrogen-bond donors (Lipinski definition) is 2. The lowest BCUT2D eigenvalue weighted by atomic mass is 9.89. The first-order valence-electron chi connectivity index (χ1n) is 5.31. The molecular formula is C12H14N2O3. The number of amides is 2. The van der Waals surface area contributed by atoms with Crippen LogP contribution in [0, 0.1) is 0 Å². The highest BCUT2D eigenvalue weighted by Crippen LogP contribution is 2.30. The summed E-state index contributed by atoms with van der Waals surface area (Å²) in [4.78, 5) is 22.5. The fourth-order valence-corrected chi connectivity index (χ4v) is 1.95. The maximum atomic E-state index is 11.4. The molecule has 2 rings (SSSR count). The van der Waals surface area contributed by atoms with Crippen LogP contribution in [0.1, 0.15) is 12.5 Å². The minimum absolute atomic E-state index is 0.345. The van der Waals surface area contributed by atoms with E-state index in [-0.39, 0.29) is 0 Å². The molecule has 1 atom stereocenters. The Balaban J connectivity index is 2.38. The lowest BCUT2D eigenvalue weighted by Crippen LogP contribution is -2.61. The zero-order valence-electron chi connectivity index (χ0n) is 9.74. The van der Waals surface area contributed by atoms with Crippen LogP contribution in [0.3, 0.4) is 0 Å². The van der Waals surface area contributed by atoms with Crippen molar-refractivity contribution in [3.63, 3.8) is 0 Å². The molecular weight excluding hydrogens is 220 g/mol. The molecule has 1 aromatic carbocycles. The molecule has 2 amide bonds. The highest BCUT2D eigenvalue weighted by Gasteiger charge is 2.37. The van der Waals surface area contributed by atoms with Crippen LogP contribution in [-0.2, 0) is 15.1 Å². The number of para-hydroxylation sites is 1. The molecule has 1 saturated heterocycles. The number of carbonyl (C=O) groups is 2. The van der Waals surface area contributed by atoms with E-state index in [1.54, 1.807) is 7.11 Å². The van der Waals surface area contributed by atoms with E-state index in [4.69, 9.17) is 4.74 Å². The van der Waals surface area contributed by atoms with E-state index in [2.05, 4.69) is 10.6 Å². The standard InChI is InChI=1S/C12H14N2O3/c1-12(7-13-10(15)11(16)14-12)8-5-3-4-6-9(8)17-2/h3-6H,7H2,1-2H3,(H,13,15)(H,14,16). The van der Waals surface area contributed by atoms with Crippen molar-refractivity contribution in [1.82, 2.24) is 10.6 Å². The summed E-state index contributed by atoms with van der Waals surface area (Å²) >= 11 is 0. The van der Waals surface area contributed by atoms with Crippen LogP contribution in [-0.4, -0.2) is 25.5 Å². The Morgan fingerprint density at radius 2 is 1.94 bits per heavy atom. The Morgan fingerprint density at radius 3 is 2.59 bits per heavy atom. The van der Waals surface area contributed by atoms with Gasteiger partial charge >= 0.3 is 11.8 Å². The number of rotatable bonds is 2. The molecule has 5 nitrogen and oxygen atoms in total. The third-order valence-corrected chi connectivity index (χ3v) is 2.90. The van der Waals surface area contributed by atoms with Crippen LogP contribution >= 0.6 is 0 Å². The van der Waals surface area contributed by atoms with E-state index in [0.29, 0.717) is 12.3 Å². The van der Waals surface area contributed by atoms with Crippen LogP contribution < -0.4 is 15.4 Å². The molecule has 2 N–H and O–H groups in total. The smallest absolute Gasteiger partial charge is 0.310 e. The van der Waals surface area contributed by atoms with E-state index in [1.807, 2.05) is 31.2 Å². The van der Waals surface area contributed by atoms with Gasteiger partial charge in [-0.3, -0.25) is 9.59 Å². The van der Waals surface area contributed by atoms with Crippen molar-refractivity contribution in [2.24, 2.45) is 0 Å². The highest BCUT2D eigenvalue weighted by molar-refractivity contribution is 6.35. The monoisotopic (exact) mass is 234 g/mol. The number of carbonyl (C=O) groups excluding carboxylic acids is 2. The molecule has 1 aromatic rings. The van der Waals surface area contributed by atoms with Gasteiger partial charge in [0.25, 0.3) is 0 Å². The Hall–Kier alpha value is -2.04. The predicted octanol–water partition coefficient (Wildman–Crippen LogP) is 0.156. The van der Waals surface area contributed by atoms with Gasteiger partial charge in [-0.1, -0.05) is 18.2 Å². The maximum absolute atomic E-state index is 11.4. The third kappa shape index (κ3) is 1.95. The molecule has 1 fully saturated rings. The maximum Gasteiger partial charge on any atom is 0.310 e. The molecule has 1 aliphatic rings. The van der Waals surface area contributed by atoms with Gasteiger partial charge in [0.2, 0.25) is 0 Å². The summed E-state index contributed by atoms with van der Waals surface area (Å²) in [6, 6.07) is 7.42. The van der Waals surface area contributed by atoms with E-state index >= 15 is 0 Å². The summed E-state index contributed by atoms with van der Waals surface area (Å²) in [5.41, 5.74) is 0.202. The second-order valence-corrected chi connectivity index (χ2v) is 4.17. The van der Waals surface area contributed by atoms with E-state index < -0.39 is 17.4 Å². The highest BCUT2D eigenvalue weighted by atomic mass is 16.5. The van der Waals surface area contributed by atoms with Crippen LogP contribution in [0.15, 0.2) is 24.3 Å². The number of ether oxygens (including phenoxy) is 1. The summed E-state index contributed by atoms with van der Waals surface area (Å²) < 4.78 is 5.26. The fraction of sp³-hybridized carbons (Fsp3) is 0.333. The van der Waals surface area contributed by atoms with Crippen LogP contribution in [0.2, 0.25) is 0 Å². The van der Waals surface area contributed by atoms with Crippen LogP contribution in [0.25, 0.3) is 0 Å². The number of piperazine rings is 1. The van der Waals surface area contributed by atoms with Gasteiger partial charge in [0.05, 0.1) is 12.6 Å². The normalized spacial score (nSPS) is 23.9. The largest absolute Gasteiger partial charge is 0.496 e. The lowest BCUT2D eigenvalue weighted by molar-refractivity contribution is -0.142. The van der Waals surface area contributed by atoms with Crippen molar-refractivity contribution >= 4 is 11.8 Å². The van der Waals surface area contributed by atoms with Gasteiger partial charge in [-0.2, -0.15) is 0 Å². The molecule has 0 bridgehead atoms. The molecule has 5 heteroatoms. The zero-order chi connectivity index (χ0) is 12.5. The Morgan fingerprint density at radius 1 is 1.24 bits per heavy atom. The Bertz CT molecular complexity index is 473. The first kappa shape index (κ1) is 11.4. The van der Waals surface area contributed by atoms with E-state index in [1.165, 1.54) is 0 Å². The third-order valence-electron chi connectivity index (χ3n) is 2.90. The van der Waals surface area contributed by atoms with Crippen LogP contribution in [0.5, 0.6) is 5.75 Å². The van der Waals surface area contributed by atoms with Gasteiger partial charge in [0.1, 0.15) is 5.75 Å². The minimum atomic E-state index is -0.641. The summed E-state index contributed by atoms with van der Waals surface area (Å²) in [6.07, 6.45) is 0. The van der Waals surface area contributed by atoms with Crippen molar-refractivity contribution in [3.05, 3.63) is 29.8 Å². The molecule has 0 aliphatic carbocycles. The average Bonchev–Trinajstić information content (AvgIpc) is 2.34. The lowest BCUT2D eigenvalue weighted by Gasteiger charge is -2.35. The Labute approximate surface area is 99.2 Å². The van der Waals surface area contributed by atoms with Gasteiger partial charge in [-0.15, -0.1) is 0 Å². The number of benzene rings is 1. The summed E-state index contributed by atoms with van der Waals surface area (Å²) in [6.45, 7) is 2.19. The number of methoxy groups -OCH3 is 1. The van der Waals surface area contributed by atoms with Crippen molar-refractivity contribution in [3.8, 4) is 5.75 Å². The van der Waals surface area contributed by atoms with Gasteiger partial charge in [0.15, 0.2) is 0 Å². The van der Waals surface area contributed by atoms with Crippen molar-refractivity contribution in [2.75, 3.05) is 13.7 Å². The van der Waals surface area contributed by atoms with Gasteiger partial charge in [-0.25, -0.2) is 0 Å². The molecule has 1 aliphatic heterocycles. The number of nitrogens with one attached hydrogen (secondary N) is 2. The van der Waals surface area contributed by atoms with Crippen molar-refractivity contribution in [1.29, 1.82) is 0 Å². The fourth-order valence-electron chi connectivity index (χ4n) is 1.95. The van der Waals surface area contributed by atoms with Crippen molar-refractivity contribution < 1.29 is 14.3 Å². The Kier molecular flexibility index (Phi) is 2.75. The predicted molar refractivity (Wildman–Crippen MR) is 61.5 cm³/mol. The molecule has 17 heavy (non-hydrogen) atoms. The quantitative estimate of drug-likeness (QED) is 0.716.